The summed E-state index contributed by atoms with van der Waals surface area (Å²) in [6, 6.07) is 3.65. The van der Waals surface area contributed by atoms with E-state index in [9.17, 15) is 9.90 Å². The summed E-state index contributed by atoms with van der Waals surface area (Å²) in [5.41, 5.74) is 9.65. The van der Waals surface area contributed by atoms with Gasteiger partial charge in [0.1, 0.15) is 11.9 Å². The lowest BCUT2D eigenvalue weighted by Gasteiger charge is -2.28. The van der Waals surface area contributed by atoms with Crippen LogP contribution in [0.1, 0.15) is 80.6 Å². The maximum absolute atomic E-state index is 13.1. The number of aromatic hydroxyl groups is 1. The van der Waals surface area contributed by atoms with Crippen LogP contribution in [0.4, 0.5) is 0 Å². The first-order chi connectivity index (χ1) is 12.4. The third kappa shape index (κ3) is 3.64. The van der Waals surface area contributed by atoms with Crippen LogP contribution in [0.3, 0.4) is 0 Å². The molecule has 2 heterocycles. The third-order valence-electron chi connectivity index (χ3n) is 5.18. The Morgan fingerprint density at radius 1 is 1.22 bits per heavy atom. The Hall–Kier alpha value is -2.18. The van der Waals surface area contributed by atoms with Gasteiger partial charge in [0.15, 0.2) is 5.78 Å². The molecule has 1 unspecified atom stereocenters. The second-order valence-electron chi connectivity index (χ2n) is 9.46. The number of benzene rings is 1. The summed E-state index contributed by atoms with van der Waals surface area (Å²) >= 11 is 0. The van der Waals surface area contributed by atoms with E-state index in [1.165, 1.54) is 0 Å². The molecule has 1 aliphatic heterocycles. The van der Waals surface area contributed by atoms with Crippen molar-refractivity contribution in [3.05, 3.63) is 46.5 Å². The summed E-state index contributed by atoms with van der Waals surface area (Å²) in [6.07, 6.45) is 1.26. The van der Waals surface area contributed by atoms with E-state index in [-0.39, 0.29) is 35.1 Å². The Labute approximate surface area is 160 Å². The van der Waals surface area contributed by atoms with Gasteiger partial charge in [-0.05, 0) is 23.0 Å². The lowest BCUT2D eigenvalue weighted by Crippen LogP contribution is -2.33. The number of imidazole rings is 1. The topological polar surface area (TPSA) is 95.2 Å². The van der Waals surface area contributed by atoms with Gasteiger partial charge in [-0.2, -0.15) is 0 Å². The molecule has 2 aromatic rings. The summed E-state index contributed by atoms with van der Waals surface area (Å²) in [7, 11) is 0. The summed E-state index contributed by atoms with van der Waals surface area (Å²) < 4.78 is 0. The van der Waals surface area contributed by atoms with Crippen molar-refractivity contribution in [2.24, 2.45) is 5.73 Å². The molecule has 1 aromatic heterocycles. The number of carbonyl (C=O) groups excluding carboxylic acids is 1. The lowest BCUT2D eigenvalue weighted by atomic mass is 9.78. The molecule has 0 radical (unpaired) electrons. The fourth-order valence-corrected chi connectivity index (χ4v) is 3.56. The molecule has 6 heteroatoms. The zero-order valence-corrected chi connectivity index (χ0v) is 17.1. The third-order valence-corrected chi connectivity index (χ3v) is 5.18. The molecule has 1 aromatic carbocycles. The summed E-state index contributed by atoms with van der Waals surface area (Å²) in [6.45, 7) is 13.0. The Balaban J connectivity index is 1.94. The molecular formula is C21H30N4O2. The molecule has 0 amide bonds. The molecule has 0 fully saturated rings. The van der Waals surface area contributed by atoms with Crippen LogP contribution in [0.25, 0.3) is 0 Å². The van der Waals surface area contributed by atoms with Gasteiger partial charge in [-0.25, -0.2) is 4.98 Å². The number of phenols is 1. The molecule has 6 nitrogen and oxygen atoms in total. The fourth-order valence-electron chi connectivity index (χ4n) is 3.56. The van der Waals surface area contributed by atoms with Crippen LogP contribution in [0.5, 0.6) is 5.75 Å². The highest BCUT2D eigenvalue weighted by molar-refractivity contribution is 5.98. The molecule has 1 aliphatic rings. The van der Waals surface area contributed by atoms with Crippen LogP contribution in [0.15, 0.2) is 18.5 Å². The van der Waals surface area contributed by atoms with Crippen LogP contribution < -0.4 is 5.73 Å². The average Bonchev–Trinajstić information content (AvgIpc) is 3.09. The minimum absolute atomic E-state index is 0.00777. The van der Waals surface area contributed by atoms with E-state index in [1.54, 1.807) is 6.33 Å². The number of nitrogens with two attached hydrogens (primary N) is 1. The van der Waals surface area contributed by atoms with Crippen molar-refractivity contribution in [2.75, 3.05) is 6.54 Å². The fraction of sp³-hybridized carbons (Fsp3) is 0.524. The number of fused-ring (bicyclic) bond motifs is 1. The number of Topliss-reactive ketones (excluding diaryl/α,β-unsaturated/α-hetero) is 1. The van der Waals surface area contributed by atoms with Crippen LogP contribution >= 0.6 is 0 Å². The van der Waals surface area contributed by atoms with E-state index in [0.717, 1.165) is 22.5 Å². The van der Waals surface area contributed by atoms with Gasteiger partial charge in [0.25, 0.3) is 0 Å². The number of ketones is 1. The number of rotatable bonds is 3. The molecular weight excluding hydrogens is 340 g/mol. The Kier molecular flexibility index (Phi) is 4.68. The highest BCUT2D eigenvalue weighted by Crippen LogP contribution is 2.40. The molecule has 0 saturated carbocycles. The standard InChI is InChI=1S/C21H30N4O2/c1-20(2,3)13-7-12(8-14(18(13)27)21(4,5)6)16(26)10-25-9-15-17(19(25)22)24-11-23-15/h7-8,11,19,27H,9-10,22H2,1-6H3,(H,23,24). The number of aromatic nitrogens is 2. The second kappa shape index (κ2) is 6.46. The van der Waals surface area contributed by atoms with E-state index >= 15 is 0 Å². The molecule has 3 rings (SSSR count). The number of hydrogen-bond acceptors (Lipinski definition) is 5. The van der Waals surface area contributed by atoms with E-state index in [4.69, 9.17) is 5.73 Å². The van der Waals surface area contributed by atoms with E-state index in [1.807, 2.05) is 58.6 Å². The largest absolute Gasteiger partial charge is 0.507 e. The number of H-pyrrole nitrogens is 1. The Morgan fingerprint density at radius 2 is 1.78 bits per heavy atom. The van der Waals surface area contributed by atoms with Gasteiger partial charge in [0.05, 0.1) is 24.3 Å². The number of hydrogen-bond donors (Lipinski definition) is 3. The summed E-state index contributed by atoms with van der Waals surface area (Å²) in [5.74, 6) is 0.273. The summed E-state index contributed by atoms with van der Waals surface area (Å²) in [5, 5.41) is 10.8. The minimum Gasteiger partial charge on any atom is -0.507 e. The van der Waals surface area contributed by atoms with Gasteiger partial charge >= 0.3 is 0 Å². The SMILES string of the molecule is CC(C)(C)c1cc(C(=O)CN2Cc3[nH]cnc3C2N)cc(C(C)(C)C)c1O. The molecule has 0 saturated heterocycles. The molecule has 0 bridgehead atoms. The average molecular weight is 370 g/mol. The lowest BCUT2D eigenvalue weighted by molar-refractivity contribution is 0.0899. The van der Waals surface area contributed by atoms with Gasteiger partial charge in [-0.1, -0.05) is 41.5 Å². The van der Waals surface area contributed by atoms with Crippen molar-refractivity contribution < 1.29 is 9.90 Å². The maximum atomic E-state index is 13.1. The number of carbonyl (C=O) groups is 1. The molecule has 0 spiro atoms. The molecule has 1 atom stereocenters. The van der Waals surface area contributed by atoms with Crippen molar-refractivity contribution >= 4 is 5.78 Å². The predicted molar refractivity (Wildman–Crippen MR) is 106 cm³/mol. The number of nitrogens with one attached hydrogen (secondary N) is 1. The first-order valence-electron chi connectivity index (χ1n) is 9.32. The van der Waals surface area contributed by atoms with Gasteiger partial charge in [0, 0.05) is 23.2 Å². The van der Waals surface area contributed by atoms with E-state index in [2.05, 4.69) is 9.97 Å². The summed E-state index contributed by atoms with van der Waals surface area (Å²) in [4.78, 5) is 22.3. The van der Waals surface area contributed by atoms with E-state index < -0.39 is 0 Å². The van der Waals surface area contributed by atoms with Crippen molar-refractivity contribution in [3.63, 3.8) is 0 Å². The van der Waals surface area contributed by atoms with Crippen molar-refractivity contribution in [1.82, 2.24) is 14.9 Å². The van der Waals surface area contributed by atoms with Crippen LogP contribution in [0, 0.1) is 0 Å². The van der Waals surface area contributed by atoms with Crippen molar-refractivity contribution in [3.8, 4) is 5.75 Å². The van der Waals surface area contributed by atoms with Gasteiger partial charge in [0.2, 0.25) is 0 Å². The molecule has 0 aliphatic carbocycles. The van der Waals surface area contributed by atoms with E-state index in [0.29, 0.717) is 12.1 Å². The smallest absolute Gasteiger partial charge is 0.176 e. The molecule has 4 N–H and O–H groups in total. The predicted octanol–water partition coefficient (Wildman–Crippen LogP) is 3.37. The van der Waals surface area contributed by atoms with Crippen LogP contribution in [-0.2, 0) is 17.4 Å². The first kappa shape index (κ1) is 19.6. The zero-order chi connectivity index (χ0) is 20.1. The van der Waals surface area contributed by atoms with Gasteiger partial charge in [-0.3, -0.25) is 9.69 Å². The minimum atomic E-state index is -0.378. The van der Waals surface area contributed by atoms with Crippen LogP contribution in [-0.4, -0.2) is 32.3 Å². The zero-order valence-electron chi connectivity index (χ0n) is 17.1. The quantitative estimate of drug-likeness (QED) is 0.720. The maximum Gasteiger partial charge on any atom is 0.176 e. The second-order valence-corrected chi connectivity index (χ2v) is 9.46. The molecule has 27 heavy (non-hydrogen) atoms. The Bertz CT molecular complexity index is 836. The highest BCUT2D eigenvalue weighted by Gasteiger charge is 2.32. The number of nitrogens with zero attached hydrogens (tertiary/aromatic N) is 2. The normalized spacial score (nSPS) is 18.0. The molecule has 146 valence electrons. The van der Waals surface area contributed by atoms with Gasteiger partial charge in [-0.15, -0.1) is 0 Å². The monoisotopic (exact) mass is 370 g/mol. The van der Waals surface area contributed by atoms with Crippen LogP contribution in [0.2, 0.25) is 0 Å². The van der Waals surface area contributed by atoms with Gasteiger partial charge < -0.3 is 15.8 Å². The number of phenolic OH excluding ortho intramolecular Hbond substituents is 1. The van der Waals surface area contributed by atoms with Crippen molar-refractivity contribution in [1.29, 1.82) is 0 Å². The number of aromatic amines is 1. The first-order valence-corrected chi connectivity index (χ1v) is 9.32. The van der Waals surface area contributed by atoms with Crippen molar-refractivity contribution in [2.45, 2.75) is 65.1 Å². The highest BCUT2D eigenvalue weighted by atomic mass is 16.3. The Morgan fingerprint density at radius 3 is 2.26 bits per heavy atom.